The summed E-state index contributed by atoms with van der Waals surface area (Å²) in [5.41, 5.74) is 2.58. The van der Waals surface area contributed by atoms with E-state index in [-0.39, 0.29) is 11.9 Å². The lowest BCUT2D eigenvalue weighted by Gasteiger charge is -2.14. The van der Waals surface area contributed by atoms with Gasteiger partial charge in [-0.15, -0.1) is 11.8 Å². The van der Waals surface area contributed by atoms with E-state index in [2.05, 4.69) is 12.0 Å². The van der Waals surface area contributed by atoms with Gasteiger partial charge in [0.2, 0.25) is 0 Å². The fourth-order valence-corrected chi connectivity index (χ4v) is 4.91. The summed E-state index contributed by atoms with van der Waals surface area (Å²) in [7, 11) is 0. The van der Waals surface area contributed by atoms with Crippen molar-refractivity contribution in [2.75, 3.05) is 13.2 Å². The lowest BCUT2D eigenvalue weighted by molar-refractivity contribution is -0.145. The van der Waals surface area contributed by atoms with Crippen LogP contribution in [0.2, 0.25) is 0 Å². The van der Waals surface area contributed by atoms with Crippen molar-refractivity contribution in [2.24, 2.45) is 0 Å². The number of aryl methyl sites for hydroxylation is 1. The van der Waals surface area contributed by atoms with Gasteiger partial charge in [0.1, 0.15) is 5.75 Å². The van der Waals surface area contributed by atoms with Gasteiger partial charge in [0.25, 0.3) is 0 Å². The first-order valence-electron chi connectivity index (χ1n) is 11.4. The molecule has 3 aromatic carbocycles. The van der Waals surface area contributed by atoms with Gasteiger partial charge >= 0.3 is 12.1 Å². The van der Waals surface area contributed by atoms with E-state index < -0.39 is 17.7 Å². The van der Waals surface area contributed by atoms with Crippen molar-refractivity contribution in [2.45, 2.75) is 37.1 Å². The maximum Gasteiger partial charge on any atom is 0.416 e. The molecule has 0 aliphatic rings. The minimum absolute atomic E-state index is 0.0513. The van der Waals surface area contributed by atoms with Gasteiger partial charge in [-0.25, -0.2) is 9.48 Å². The molecule has 9 heteroatoms. The maximum absolute atomic E-state index is 12.9. The van der Waals surface area contributed by atoms with Gasteiger partial charge in [-0.2, -0.15) is 18.3 Å². The van der Waals surface area contributed by atoms with E-state index in [0.717, 1.165) is 39.1 Å². The van der Waals surface area contributed by atoms with Crippen LogP contribution in [0.15, 0.2) is 71.8 Å². The number of fused-ring (bicyclic) bond motifs is 1. The molecule has 0 fully saturated rings. The number of benzene rings is 3. The average molecular weight is 515 g/mol. The highest BCUT2D eigenvalue weighted by Crippen LogP contribution is 2.39. The van der Waals surface area contributed by atoms with Crippen molar-refractivity contribution in [3.63, 3.8) is 0 Å². The van der Waals surface area contributed by atoms with Crippen molar-refractivity contribution in [1.82, 2.24) is 9.78 Å². The molecule has 0 amide bonds. The average Bonchev–Trinajstić information content (AvgIpc) is 3.28. The van der Waals surface area contributed by atoms with Crippen LogP contribution in [0.3, 0.4) is 0 Å². The lowest BCUT2D eigenvalue weighted by atomic mass is 10.1. The van der Waals surface area contributed by atoms with Crippen LogP contribution < -0.4 is 4.74 Å². The third-order valence-electron chi connectivity index (χ3n) is 5.57. The van der Waals surface area contributed by atoms with E-state index >= 15 is 0 Å². The van der Waals surface area contributed by atoms with E-state index in [0.29, 0.717) is 18.0 Å². The van der Waals surface area contributed by atoms with E-state index in [4.69, 9.17) is 9.47 Å². The highest BCUT2D eigenvalue weighted by Gasteiger charge is 2.30. The molecule has 0 spiro atoms. The molecule has 0 aliphatic carbocycles. The molecule has 0 saturated heterocycles. The van der Waals surface area contributed by atoms with Crippen LogP contribution in [0.1, 0.15) is 35.8 Å². The van der Waals surface area contributed by atoms with Crippen LogP contribution in [0.25, 0.3) is 16.6 Å². The Bertz CT molecular complexity index is 1370. The first kappa shape index (κ1) is 25.6. The molecule has 1 heterocycles. The summed E-state index contributed by atoms with van der Waals surface area (Å²) in [6, 6.07) is 16.6. The molecule has 4 aromatic rings. The smallest absolute Gasteiger partial charge is 0.416 e. The predicted molar refractivity (Wildman–Crippen MR) is 134 cm³/mol. The summed E-state index contributed by atoms with van der Waals surface area (Å²) in [5.74, 6) is 0.213. The van der Waals surface area contributed by atoms with E-state index in [1.54, 1.807) is 23.4 Å². The van der Waals surface area contributed by atoms with Crippen molar-refractivity contribution in [3.05, 3.63) is 83.6 Å². The number of carbonyl (C=O) groups is 1. The molecule has 0 bridgehead atoms. The Hall–Kier alpha value is -3.46. The maximum atomic E-state index is 12.9. The molecule has 36 heavy (non-hydrogen) atoms. The van der Waals surface area contributed by atoms with Crippen LogP contribution in [0, 0.1) is 6.92 Å². The molecule has 4 rings (SSSR count). The second-order valence-electron chi connectivity index (χ2n) is 8.18. The number of thioether (sulfide) groups is 1. The molecule has 1 unspecified atom stereocenters. The Labute approximate surface area is 211 Å². The number of hydrogen-bond donors (Lipinski definition) is 0. The van der Waals surface area contributed by atoms with Gasteiger partial charge < -0.3 is 9.47 Å². The SMILES string of the molecule is CCOC(=O)COc1ccc(SC(C)c2cccc3cn(-c4ccc(C(F)(F)F)cc4)nc23)cc1C. The standard InChI is InChI=1S/C27H25F3N2O3S/c1-4-34-25(33)16-35-24-13-12-22(14-17(24)2)36-18(3)23-7-5-6-19-15-32(31-26(19)23)21-10-8-20(9-11-21)27(28,29)30/h5-15,18H,4,16H2,1-3H3. The number of nitrogens with zero attached hydrogens (tertiary/aromatic N) is 2. The third kappa shape index (κ3) is 5.84. The quantitative estimate of drug-likeness (QED) is 0.185. The normalized spacial score (nSPS) is 12.5. The van der Waals surface area contributed by atoms with Crippen molar-refractivity contribution in [1.29, 1.82) is 0 Å². The van der Waals surface area contributed by atoms with Gasteiger partial charge in [0.15, 0.2) is 6.61 Å². The van der Waals surface area contributed by atoms with E-state index in [1.165, 1.54) is 12.1 Å². The summed E-state index contributed by atoms with van der Waals surface area (Å²) < 4.78 is 50.8. The van der Waals surface area contributed by atoms with Gasteiger partial charge in [-0.1, -0.05) is 18.2 Å². The summed E-state index contributed by atoms with van der Waals surface area (Å²) in [5, 5.41) is 5.64. The molecule has 0 saturated carbocycles. The summed E-state index contributed by atoms with van der Waals surface area (Å²) in [6.45, 7) is 5.92. The van der Waals surface area contributed by atoms with Crippen LogP contribution in [-0.2, 0) is 15.7 Å². The minimum atomic E-state index is -4.38. The van der Waals surface area contributed by atoms with Crippen LogP contribution in [0.5, 0.6) is 5.75 Å². The summed E-state index contributed by atoms with van der Waals surface area (Å²) in [4.78, 5) is 12.6. The highest BCUT2D eigenvalue weighted by atomic mass is 32.2. The Morgan fingerprint density at radius 1 is 1.11 bits per heavy atom. The molecule has 0 aliphatic heterocycles. The highest BCUT2D eigenvalue weighted by molar-refractivity contribution is 7.99. The first-order chi connectivity index (χ1) is 17.2. The van der Waals surface area contributed by atoms with Gasteiger partial charge in [0, 0.05) is 21.7 Å². The molecule has 0 radical (unpaired) electrons. The monoisotopic (exact) mass is 514 g/mol. The fourth-order valence-electron chi connectivity index (χ4n) is 3.80. The van der Waals surface area contributed by atoms with Crippen LogP contribution in [0.4, 0.5) is 13.2 Å². The van der Waals surface area contributed by atoms with Gasteiger partial charge in [-0.05, 0) is 74.4 Å². The topological polar surface area (TPSA) is 53.4 Å². The lowest BCUT2D eigenvalue weighted by Crippen LogP contribution is -2.14. The zero-order valence-electron chi connectivity index (χ0n) is 20.0. The number of halogens is 3. The summed E-state index contributed by atoms with van der Waals surface area (Å²) in [6.07, 6.45) is -2.56. The van der Waals surface area contributed by atoms with Crippen molar-refractivity contribution < 1.29 is 27.4 Å². The zero-order valence-corrected chi connectivity index (χ0v) is 20.8. The van der Waals surface area contributed by atoms with Crippen LogP contribution in [-0.4, -0.2) is 29.0 Å². The number of aromatic nitrogens is 2. The molecule has 1 atom stereocenters. The molecule has 188 valence electrons. The Balaban J connectivity index is 1.52. The Kier molecular flexibility index (Phi) is 7.59. The van der Waals surface area contributed by atoms with E-state index in [1.807, 2.05) is 49.5 Å². The largest absolute Gasteiger partial charge is 0.482 e. The second-order valence-corrected chi connectivity index (χ2v) is 9.60. The molecule has 0 N–H and O–H groups in total. The number of alkyl halides is 3. The van der Waals surface area contributed by atoms with Crippen molar-refractivity contribution >= 4 is 28.6 Å². The second kappa shape index (κ2) is 10.7. The fraction of sp³-hybridized carbons (Fsp3) is 0.259. The number of rotatable bonds is 8. The molecule has 5 nitrogen and oxygen atoms in total. The molecule has 1 aromatic heterocycles. The third-order valence-corrected chi connectivity index (χ3v) is 6.71. The molecular formula is C27H25F3N2O3S. The minimum Gasteiger partial charge on any atom is -0.482 e. The number of ether oxygens (including phenoxy) is 2. The number of carbonyl (C=O) groups excluding carboxylic acids is 1. The first-order valence-corrected chi connectivity index (χ1v) is 12.3. The zero-order chi connectivity index (χ0) is 25.9. The number of hydrogen-bond acceptors (Lipinski definition) is 5. The molecular weight excluding hydrogens is 489 g/mol. The van der Waals surface area contributed by atoms with Gasteiger partial charge in [0.05, 0.1) is 23.4 Å². The predicted octanol–water partition coefficient (Wildman–Crippen LogP) is 7.15. The number of esters is 1. The van der Waals surface area contributed by atoms with Crippen LogP contribution >= 0.6 is 11.8 Å². The van der Waals surface area contributed by atoms with E-state index in [9.17, 15) is 18.0 Å². The van der Waals surface area contributed by atoms with Crippen molar-refractivity contribution in [3.8, 4) is 11.4 Å². The summed E-state index contributed by atoms with van der Waals surface area (Å²) >= 11 is 1.66. The Morgan fingerprint density at radius 2 is 1.86 bits per heavy atom. The Morgan fingerprint density at radius 3 is 2.53 bits per heavy atom. The van der Waals surface area contributed by atoms with Gasteiger partial charge in [-0.3, -0.25) is 0 Å².